The molecule has 108 valence electrons. The second-order valence-corrected chi connectivity index (χ2v) is 4.72. The zero-order valence-corrected chi connectivity index (χ0v) is 11.6. The minimum atomic E-state index is -0.543. The Labute approximate surface area is 122 Å². The quantitative estimate of drug-likeness (QED) is 0.659. The van der Waals surface area contributed by atoms with E-state index in [4.69, 9.17) is 4.74 Å². The molecule has 1 heterocycles. The maximum Gasteiger partial charge on any atom is 0.310 e. The molecule has 1 aromatic rings. The van der Waals surface area contributed by atoms with E-state index in [1.165, 1.54) is 0 Å². The van der Waals surface area contributed by atoms with Gasteiger partial charge in [-0.2, -0.15) is 0 Å². The summed E-state index contributed by atoms with van der Waals surface area (Å²) < 4.78 is 5.13. The second kappa shape index (κ2) is 6.17. The topological polar surface area (TPSA) is 72.5 Å². The summed E-state index contributed by atoms with van der Waals surface area (Å²) in [5.41, 5.74) is 3.00. The Balaban J connectivity index is 1.92. The average Bonchev–Trinajstić information content (AvgIpc) is 2.75. The molecular formula is C16H15NO4. The first-order valence-electron chi connectivity index (χ1n) is 6.43. The van der Waals surface area contributed by atoms with Crippen LogP contribution in [-0.4, -0.2) is 17.8 Å². The van der Waals surface area contributed by atoms with Gasteiger partial charge in [0.15, 0.2) is 0 Å². The van der Waals surface area contributed by atoms with Crippen molar-refractivity contribution < 1.29 is 19.1 Å². The first-order chi connectivity index (χ1) is 9.99. The zero-order chi connectivity index (χ0) is 15.4. The molecule has 0 fully saturated rings. The Hall–Kier alpha value is -2.69. The Morgan fingerprint density at radius 2 is 2.14 bits per heavy atom. The molecule has 0 saturated heterocycles. The predicted molar refractivity (Wildman–Crippen MR) is 76.9 cm³/mol. The molecule has 1 N–H and O–H groups in total. The van der Waals surface area contributed by atoms with Crippen LogP contribution in [0.2, 0.25) is 0 Å². The summed E-state index contributed by atoms with van der Waals surface area (Å²) in [5.74, 6) is -1.58. The monoisotopic (exact) mass is 285 g/mol. The Kier molecular flexibility index (Phi) is 4.33. The number of amides is 2. The van der Waals surface area contributed by atoms with Crippen molar-refractivity contribution in [2.75, 3.05) is 0 Å². The molecule has 0 aliphatic carbocycles. The maximum absolute atomic E-state index is 11.7. The van der Waals surface area contributed by atoms with Gasteiger partial charge >= 0.3 is 5.97 Å². The third-order valence-electron chi connectivity index (χ3n) is 3.16. The number of carbonyl (C=O) groups excluding carboxylic acids is 3. The van der Waals surface area contributed by atoms with E-state index >= 15 is 0 Å². The molecule has 2 amide bonds. The molecule has 0 unspecified atom stereocenters. The molecule has 21 heavy (non-hydrogen) atoms. The van der Waals surface area contributed by atoms with Crippen LogP contribution in [0.5, 0.6) is 0 Å². The molecule has 0 aromatic heterocycles. The van der Waals surface area contributed by atoms with Crippen molar-refractivity contribution >= 4 is 23.9 Å². The Bertz CT molecular complexity index is 658. The van der Waals surface area contributed by atoms with Crippen LogP contribution in [0.3, 0.4) is 0 Å². The lowest BCUT2D eigenvalue weighted by molar-refractivity contribution is -0.144. The van der Waals surface area contributed by atoms with Gasteiger partial charge in [-0.15, -0.1) is 0 Å². The standard InChI is InChI=1S/C16H15NO4/c1-3-11-4-5-12(10(2)6-11)9-21-15(19)8-13-7-14(18)17-16(13)20/h3-7H,1,8-9H2,2H3,(H,17,18,20). The lowest BCUT2D eigenvalue weighted by Crippen LogP contribution is -2.23. The summed E-state index contributed by atoms with van der Waals surface area (Å²) in [5, 5.41) is 2.08. The van der Waals surface area contributed by atoms with Crippen molar-refractivity contribution in [2.24, 2.45) is 0 Å². The highest BCUT2D eigenvalue weighted by molar-refractivity contribution is 6.17. The van der Waals surface area contributed by atoms with Gasteiger partial charge < -0.3 is 4.74 Å². The predicted octanol–water partition coefficient (Wildman–Crippen LogP) is 1.65. The molecule has 0 bridgehead atoms. The normalized spacial score (nSPS) is 13.7. The van der Waals surface area contributed by atoms with Gasteiger partial charge in [-0.3, -0.25) is 19.7 Å². The van der Waals surface area contributed by atoms with Gasteiger partial charge in [0.25, 0.3) is 11.8 Å². The number of hydrogen-bond donors (Lipinski definition) is 1. The van der Waals surface area contributed by atoms with E-state index in [1.807, 2.05) is 25.1 Å². The number of rotatable bonds is 5. The minimum absolute atomic E-state index is 0.128. The van der Waals surface area contributed by atoms with Crippen molar-refractivity contribution in [1.29, 1.82) is 0 Å². The lowest BCUT2D eigenvalue weighted by atomic mass is 10.1. The van der Waals surface area contributed by atoms with Gasteiger partial charge in [0, 0.05) is 11.6 Å². The molecule has 0 radical (unpaired) electrons. The Morgan fingerprint density at radius 3 is 2.71 bits per heavy atom. The largest absolute Gasteiger partial charge is 0.461 e. The molecule has 1 aliphatic rings. The number of hydrogen-bond acceptors (Lipinski definition) is 4. The summed E-state index contributed by atoms with van der Waals surface area (Å²) in [7, 11) is 0. The first-order valence-corrected chi connectivity index (χ1v) is 6.43. The third kappa shape index (κ3) is 3.66. The highest BCUT2D eigenvalue weighted by Crippen LogP contribution is 2.14. The van der Waals surface area contributed by atoms with Crippen LogP contribution in [0, 0.1) is 6.92 Å². The number of imide groups is 1. The minimum Gasteiger partial charge on any atom is -0.461 e. The first kappa shape index (κ1) is 14.7. The molecule has 5 heteroatoms. The van der Waals surface area contributed by atoms with Gasteiger partial charge in [-0.1, -0.05) is 30.9 Å². The fourth-order valence-electron chi connectivity index (χ4n) is 1.96. The zero-order valence-electron chi connectivity index (χ0n) is 11.6. The van der Waals surface area contributed by atoms with E-state index in [9.17, 15) is 14.4 Å². The molecule has 2 rings (SSSR count). The SMILES string of the molecule is C=Cc1ccc(COC(=O)CC2=CC(=O)NC2=O)c(C)c1. The molecule has 1 aliphatic heterocycles. The average molecular weight is 285 g/mol. The van der Waals surface area contributed by atoms with E-state index in [1.54, 1.807) is 6.08 Å². The number of ether oxygens (including phenoxy) is 1. The van der Waals surface area contributed by atoms with Gasteiger partial charge in [-0.05, 0) is 23.6 Å². The van der Waals surface area contributed by atoms with Crippen LogP contribution >= 0.6 is 0 Å². The highest BCUT2D eigenvalue weighted by atomic mass is 16.5. The summed E-state index contributed by atoms with van der Waals surface area (Å²) in [6.45, 7) is 5.74. The van der Waals surface area contributed by atoms with E-state index in [2.05, 4.69) is 11.9 Å². The van der Waals surface area contributed by atoms with Crippen molar-refractivity contribution in [3.63, 3.8) is 0 Å². The molecule has 0 atom stereocenters. The number of aryl methyl sites for hydroxylation is 1. The van der Waals surface area contributed by atoms with E-state index in [-0.39, 0.29) is 18.6 Å². The van der Waals surface area contributed by atoms with Crippen molar-refractivity contribution in [3.05, 3.63) is 53.1 Å². The number of carbonyl (C=O) groups is 3. The van der Waals surface area contributed by atoms with E-state index in [0.29, 0.717) is 0 Å². The molecule has 5 nitrogen and oxygen atoms in total. The van der Waals surface area contributed by atoms with Crippen LogP contribution < -0.4 is 5.32 Å². The van der Waals surface area contributed by atoms with Crippen LogP contribution in [0.4, 0.5) is 0 Å². The van der Waals surface area contributed by atoms with E-state index in [0.717, 1.165) is 22.8 Å². The van der Waals surface area contributed by atoms with Crippen LogP contribution in [-0.2, 0) is 25.7 Å². The molecule has 0 saturated carbocycles. The van der Waals surface area contributed by atoms with Crippen molar-refractivity contribution in [3.8, 4) is 0 Å². The van der Waals surface area contributed by atoms with Gasteiger partial charge in [0.05, 0.1) is 6.42 Å². The fourth-order valence-corrected chi connectivity index (χ4v) is 1.96. The van der Waals surface area contributed by atoms with Gasteiger partial charge in [0.1, 0.15) is 6.61 Å². The second-order valence-electron chi connectivity index (χ2n) is 4.72. The van der Waals surface area contributed by atoms with Gasteiger partial charge in [0.2, 0.25) is 0 Å². The lowest BCUT2D eigenvalue weighted by Gasteiger charge is -2.08. The smallest absolute Gasteiger partial charge is 0.310 e. The van der Waals surface area contributed by atoms with Crippen molar-refractivity contribution in [1.82, 2.24) is 5.32 Å². The van der Waals surface area contributed by atoms with Crippen molar-refractivity contribution in [2.45, 2.75) is 20.0 Å². The highest BCUT2D eigenvalue weighted by Gasteiger charge is 2.23. The molecular weight excluding hydrogens is 270 g/mol. The Morgan fingerprint density at radius 1 is 1.38 bits per heavy atom. The number of esters is 1. The van der Waals surface area contributed by atoms with Gasteiger partial charge in [-0.25, -0.2) is 0 Å². The van der Waals surface area contributed by atoms with Crippen LogP contribution in [0.15, 0.2) is 36.4 Å². The number of nitrogens with one attached hydrogen (secondary N) is 1. The summed E-state index contributed by atoms with van der Waals surface area (Å²) in [6, 6.07) is 5.70. The number of benzene rings is 1. The summed E-state index contributed by atoms with van der Waals surface area (Å²) in [4.78, 5) is 34.0. The summed E-state index contributed by atoms with van der Waals surface area (Å²) >= 11 is 0. The molecule has 0 spiro atoms. The fraction of sp³-hybridized carbons (Fsp3) is 0.188. The summed E-state index contributed by atoms with van der Waals surface area (Å²) in [6.07, 6.45) is 2.65. The van der Waals surface area contributed by atoms with Crippen LogP contribution in [0.1, 0.15) is 23.1 Å². The maximum atomic E-state index is 11.7. The van der Waals surface area contributed by atoms with E-state index < -0.39 is 17.8 Å². The third-order valence-corrected chi connectivity index (χ3v) is 3.16. The van der Waals surface area contributed by atoms with Crippen LogP contribution in [0.25, 0.3) is 6.08 Å². The molecule has 1 aromatic carbocycles.